The van der Waals surface area contributed by atoms with Crippen LogP contribution >= 0.6 is 15.9 Å². The molecule has 0 amide bonds. The maximum atomic E-state index is 11.0. The highest BCUT2D eigenvalue weighted by atomic mass is 79.9. The van der Waals surface area contributed by atoms with Crippen molar-refractivity contribution < 1.29 is 14.6 Å². The second kappa shape index (κ2) is 5.77. The lowest BCUT2D eigenvalue weighted by Gasteiger charge is -2.13. The SMILES string of the molecule is O=C(O)c1cc(Br)cc(NCC2Cc3ccccc3O2)c1. The molecule has 0 saturated heterocycles. The van der Waals surface area contributed by atoms with Gasteiger partial charge in [0.05, 0.1) is 12.1 Å². The Hall–Kier alpha value is -2.01. The number of hydrogen-bond acceptors (Lipinski definition) is 3. The molecule has 108 valence electrons. The number of para-hydroxylation sites is 1. The zero-order chi connectivity index (χ0) is 14.8. The maximum absolute atomic E-state index is 11.0. The van der Waals surface area contributed by atoms with E-state index >= 15 is 0 Å². The highest BCUT2D eigenvalue weighted by Gasteiger charge is 2.21. The summed E-state index contributed by atoms with van der Waals surface area (Å²) in [5.41, 5.74) is 2.23. The van der Waals surface area contributed by atoms with Gasteiger partial charge in [-0.15, -0.1) is 0 Å². The van der Waals surface area contributed by atoms with Crippen molar-refractivity contribution in [2.75, 3.05) is 11.9 Å². The summed E-state index contributed by atoms with van der Waals surface area (Å²) in [4.78, 5) is 11.0. The fourth-order valence-corrected chi connectivity index (χ4v) is 2.91. The van der Waals surface area contributed by atoms with Crippen molar-refractivity contribution in [2.45, 2.75) is 12.5 Å². The van der Waals surface area contributed by atoms with Crippen LogP contribution in [0.2, 0.25) is 0 Å². The molecule has 0 bridgehead atoms. The maximum Gasteiger partial charge on any atom is 0.335 e. The number of carboxylic acids is 1. The van der Waals surface area contributed by atoms with E-state index in [-0.39, 0.29) is 11.7 Å². The number of anilines is 1. The molecule has 0 aromatic heterocycles. The van der Waals surface area contributed by atoms with Crippen LogP contribution in [-0.4, -0.2) is 23.7 Å². The second-order valence-electron chi connectivity index (χ2n) is 4.97. The van der Waals surface area contributed by atoms with Crippen molar-refractivity contribution in [2.24, 2.45) is 0 Å². The van der Waals surface area contributed by atoms with E-state index in [0.29, 0.717) is 6.54 Å². The van der Waals surface area contributed by atoms with E-state index in [9.17, 15) is 4.79 Å². The summed E-state index contributed by atoms with van der Waals surface area (Å²) in [5, 5.41) is 12.3. The number of halogens is 1. The lowest BCUT2D eigenvalue weighted by atomic mass is 10.1. The smallest absolute Gasteiger partial charge is 0.335 e. The normalized spacial score (nSPS) is 16.1. The van der Waals surface area contributed by atoms with E-state index in [1.54, 1.807) is 12.1 Å². The highest BCUT2D eigenvalue weighted by molar-refractivity contribution is 9.10. The third kappa shape index (κ3) is 3.19. The molecule has 0 saturated carbocycles. The summed E-state index contributed by atoms with van der Waals surface area (Å²) < 4.78 is 6.58. The Bertz CT molecular complexity index is 662. The molecule has 1 aliphatic heterocycles. The van der Waals surface area contributed by atoms with Crippen LogP contribution in [0.25, 0.3) is 0 Å². The minimum Gasteiger partial charge on any atom is -0.488 e. The van der Waals surface area contributed by atoms with Gasteiger partial charge in [-0.05, 0) is 29.8 Å². The van der Waals surface area contributed by atoms with Crippen LogP contribution in [0, 0.1) is 0 Å². The van der Waals surface area contributed by atoms with Gasteiger partial charge in [0, 0.05) is 16.6 Å². The number of ether oxygens (including phenoxy) is 1. The number of aromatic carboxylic acids is 1. The summed E-state index contributed by atoms with van der Waals surface area (Å²) in [6.07, 6.45) is 0.929. The summed E-state index contributed by atoms with van der Waals surface area (Å²) in [5.74, 6) is -0.00589. The molecule has 1 atom stereocenters. The first-order valence-electron chi connectivity index (χ1n) is 6.64. The number of fused-ring (bicyclic) bond motifs is 1. The summed E-state index contributed by atoms with van der Waals surface area (Å²) >= 11 is 3.32. The van der Waals surface area contributed by atoms with Crippen LogP contribution in [0.4, 0.5) is 5.69 Å². The van der Waals surface area contributed by atoms with Crippen molar-refractivity contribution in [3.63, 3.8) is 0 Å². The molecule has 0 radical (unpaired) electrons. The topological polar surface area (TPSA) is 58.6 Å². The van der Waals surface area contributed by atoms with Gasteiger partial charge in [0.25, 0.3) is 0 Å². The van der Waals surface area contributed by atoms with E-state index < -0.39 is 5.97 Å². The van der Waals surface area contributed by atoms with Crippen molar-refractivity contribution in [3.05, 3.63) is 58.1 Å². The van der Waals surface area contributed by atoms with Gasteiger partial charge in [-0.1, -0.05) is 34.1 Å². The van der Waals surface area contributed by atoms with Gasteiger partial charge in [-0.3, -0.25) is 0 Å². The molecule has 3 rings (SSSR count). The van der Waals surface area contributed by atoms with Crippen molar-refractivity contribution in [3.8, 4) is 5.75 Å². The average molecular weight is 348 g/mol. The molecule has 2 aromatic rings. The number of hydrogen-bond donors (Lipinski definition) is 2. The summed E-state index contributed by atoms with van der Waals surface area (Å²) in [7, 11) is 0. The Balaban J connectivity index is 1.65. The molecule has 1 heterocycles. The van der Waals surface area contributed by atoms with Gasteiger partial charge in [0.1, 0.15) is 11.9 Å². The minimum absolute atomic E-state index is 0.0645. The molecule has 2 N–H and O–H groups in total. The first-order chi connectivity index (χ1) is 10.1. The lowest BCUT2D eigenvalue weighted by Crippen LogP contribution is -2.24. The van der Waals surface area contributed by atoms with E-state index in [1.807, 2.05) is 24.3 Å². The Morgan fingerprint density at radius 2 is 2.14 bits per heavy atom. The summed E-state index contributed by atoms with van der Waals surface area (Å²) in [6.45, 7) is 0.629. The van der Waals surface area contributed by atoms with E-state index in [1.165, 1.54) is 5.56 Å². The third-order valence-corrected chi connectivity index (χ3v) is 3.85. The zero-order valence-electron chi connectivity index (χ0n) is 11.2. The van der Waals surface area contributed by atoms with Crippen LogP contribution in [0.3, 0.4) is 0 Å². The molecular weight excluding hydrogens is 334 g/mol. The van der Waals surface area contributed by atoms with E-state index in [2.05, 4.69) is 27.3 Å². The predicted molar refractivity (Wildman–Crippen MR) is 84.2 cm³/mol. The van der Waals surface area contributed by atoms with Crippen molar-refractivity contribution >= 4 is 27.6 Å². The zero-order valence-corrected chi connectivity index (χ0v) is 12.8. The highest BCUT2D eigenvalue weighted by Crippen LogP contribution is 2.28. The Labute approximate surface area is 130 Å². The monoisotopic (exact) mass is 347 g/mol. The molecule has 0 aliphatic carbocycles. The molecule has 21 heavy (non-hydrogen) atoms. The Morgan fingerprint density at radius 3 is 2.90 bits per heavy atom. The fraction of sp³-hybridized carbons (Fsp3) is 0.188. The number of nitrogens with one attached hydrogen (secondary N) is 1. The second-order valence-corrected chi connectivity index (χ2v) is 5.88. The van der Waals surface area contributed by atoms with Gasteiger partial charge >= 0.3 is 5.97 Å². The van der Waals surface area contributed by atoms with Crippen LogP contribution in [0.5, 0.6) is 5.75 Å². The van der Waals surface area contributed by atoms with Crippen LogP contribution in [0.15, 0.2) is 46.9 Å². The Kier molecular flexibility index (Phi) is 3.84. The molecule has 1 unspecified atom stereocenters. The van der Waals surface area contributed by atoms with E-state index in [4.69, 9.17) is 9.84 Å². The van der Waals surface area contributed by atoms with Crippen molar-refractivity contribution in [1.29, 1.82) is 0 Å². The van der Waals surface area contributed by atoms with Crippen molar-refractivity contribution in [1.82, 2.24) is 0 Å². The van der Waals surface area contributed by atoms with Gasteiger partial charge in [-0.25, -0.2) is 4.79 Å². The molecule has 4 nitrogen and oxygen atoms in total. The first-order valence-corrected chi connectivity index (χ1v) is 7.43. The van der Waals surface area contributed by atoms with Gasteiger partial charge in [0.15, 0.2) is 0 Å². The van der Waals surface area contributed by atoms with Crippen LogP contribution in [-0.2, 0) is 6.42 Å². The lowest BCUT2D eigenvalue weighted by molar-refractivity contribution is 0.0697. The largest absolute Gasteiger partial charge is 0.488 e. The molecule has 0 fully saturated rings. The van der Waals surface area contributed by atoms with Gasteiger partial charge < -0.3 is 15.2 Å². The van der Waals surface area contributed by atoms with Gasteiger partial charge in [-0.2, -0.15) is 0 Å². The summed E-state index contributed by atoms with van der Waals surface area (Å²) in [6, 6.07) is 13.1. The predicted octanol–water partition coefficient (Wildman–Crippen LogP) is 3.56. The number of carboxylic acid groups (broad SMARTS) is 1. The molecule has 1 aliphatic rings. The molecule has 2 aromatic carbocycles. The molecule has 5 heteroatoms. The fourth-order valence-electron chi connectivity index (χ4n) is 2.41. The number of benzene rings is 2. The van der Waals surface area contributed by atoms with Gasteiger partial charge in [0.2, 0.25) is 0 Å². The molecular formula is C16H14BrNO3. The number of rotatable bonds is 4. The quantitative estimate of drug-likeness (QED) is 0.887. The van der Waals surface area contributed by atoms with Crippen LogP contribution < -0.4 is 10.1 Å². The minimum atomic E-state index is -0.941. The molecule has 0 spiro atoms. The third-order valence-electron chi connectivity index (χ3n) is 3.39. The number of carbonyl (C=O) groups is 1. The van der Waals surface area contributed by atoms with Crippen LogP contribution in [0.1, 0.15) is 15.9 Å². The van der Waals surface area contributed by atoms with E-state index in [0.717, 1.165) is 22.3 Å². The Morgan fingerprint density at radius 1 is 1.33 bits per heavy atom. The standard InChI is InChI=1S/C16H14BrNO3/c17-12-5-11(16(19)20)6-13(8-12)18-9-14-7-10-3-1-2-4-15(10)21-14/h1-6,8,14,18H,7,9H2,(H,19,20). The average Bonchev–Trinajstić information content (AvgIpc) is 2.87. The first kappa shape index (κ1) is 13.9.